The third kappa shape index (κ3) is 5.92. The molecule has 0 radical (unpaired) electrons. The Hall–Kier alpha value is -3.16. The fraction of sp³-hybridized carbons (Fsp3) is 0.455. The number of amides is 2. The van der Waals surface area contributed by atoms with E-state index in [1.54, 1.807) is 18.7 Å². The van der Waals surface area contributed by atoms with Crippen molar-refractivity contribution in [3.8, 4) is 0 Å². The molecule has 30 heavy (non-hydrogen) atoms. The smallest absolute Gasteiger partial charge is 0.329 e. The summed E-state index contributed by atoms with van der Waals surface area (Å²) >= 11 is 0. The molecule has 1 heterocycles. The van der Waals surface area contributed by atoms with Crippen LogP contribution < -0.4 is 10.6 Å². The molecule has 1 aromatic carbocycles. The van der Waals surface area contributed by atoms with Crippen LogP contribution in [-0.4, -0.2) is 39.7 Å². The highest BCUT2D eigenvalue weighted by Crippen LogP contribution is 2.19. The van der Waals surface area contributed by atoms with E-state index in [-0.39, 0.29) is 18.2 Å². The lowest BCUT2D eigenvalue weighted by molar-refractivity contribution is -0.157. The van der Waals surface area contributed by atoms with E-state index in [0.29, 0.717) is 11.4 Å². The first-order valence-electron chi connectivity index (χ1n) is 9.95. The van der Waals surface area contributed by atoms with Crippen molar-refractivity contribution >= 4 is 23.5 Å². The largest absolute Gasteiger partial charge is 0.451 e. The molecule has 0 saturated heterocycles. The van der Waals surface area contributed by atoms with Crippen LogP contribution in [0.5, 0.6) is 0 Å². The normalized spacial score (nSPS) is 12.9. The number of esters is 1. The van der Waals surface area contributed by atoms with E-state index >= 15 is 0 Å². The number of carbonyl (C=O) groups excluding carboxylic acids is 3. The van der Waals surface area contributed by atoms with Crippen molar-refractivity contribution in [2.75, 3.05) is 5.32 Å². The Morgan fingerprint density at radius 3 is 2.27 bits per heavy atom. The second kappa shape index (κ2) is 10.0. The lowest BCUT2D eigenvalue weighted by Gasteiger charge is -2.23. The number of ether oxygens (including phenoxy) is 1. The van der Waals surface area contributed by atoms with Crippen molar-refractivity contribution in [1.82, 2.24) is 15.1 Å². The summed E-state index contributed by atoms with van der Waals surface area (Å²) in [6.45, 7) is 8.74. The summed E-state index contributed by atoms with van der Waals surface area (Å²) in [7, 11) is 1.78. The Morgan fingerprint density at radius 2 is 1.73 bits per heavy atom. The number of hydrogen-bond acceptors (Lipinski definition) is 5. The molecule has 2 atom stereocenters. The summed E-state index contributed by atoms with van der Waals surface area (Å²) in [5.74, 6) is -1.58. The number of rotatable bonds is 8. The van der Waals surface area contributed by atoms with Crippen LogP contribution in [0.2, 0.25) is 0 Å². The maximum absolute atomic E-state index is 12.6. The number of nitrogens with one attached hydrogen (secondary N) is 2. The van der Waals surface area contributed by atoms with Crippen molar-refractivity contribution in [2.45, 2.75) is 53.2 Å². The number of hydrogen-bond donors (Lipinski definition) is 2. The average Bonchev–Trinajstić information content (AvgIpc) is 2.92. The number of nitrogens with zero attached hydrogens (tertiary/aromatic N) is 2. The third-order valence-electron chi connectivity index (χ3n) is 4.86. The van der Waals surface area contributed by atoms with E-state index in [9.17, 15) is 14.4 Å². The number of carbonyl (C=O) groups is 3. The van der Waals surface area contributed by atoms with Gasteiger partial charge in [-0.3, -0.25) is 14.3 Å². The first-order valence-corrected chi connectivity index (χ1v) is 9.95. The molecule has 0 unspecified atom stereocenters. The molecule has 1 aromatic heterocycles. The molecule has 8 heteroatoms. The molecule has 0 aliphatic carbocycles. The minimum Gasteiger partial charge on any atom is -0.451 e. The monoisotopic (exact) mass is 414 g/mol. The summed E-state index contributed by atoms with van der Waals surface area (Å²) in [5, 5.41) is 9.73. The van der Waals surface area contributed by atoms with Gasteiger partial charge in [-0.25, -0.2) is 4.79 Å². The zero-order chi connectivity index (χ0) is 22.4. The quantitative estimate of drug-likeness (QED) is 0.645. The van der Waals surface area contributed by atoms with E-state index in [0.717, 1.165) is 11.3 Å². The van der Waals surface area contributed by atoms with Crippen molar-refractivity contribution in [2.24, 2.45) is 13.0 Å². The van der Waals surface area contributed by atoms with Gasteiger partial charge in [0.25, 0.3) is 5.91 Å². The molecule has 2 aromatic rings. The van der Waals surface area contributed by atoms with E-state index in [2.05, 4.69) is 15.7 Å². The summed E-state index contributed by atoms with van der Waals surface area (Å²) in [4.78, 5) is 37.5. The van der Waals surface area contributed by atoms with Gasteiger partial charge in [0.1, 0.15) is 6.04 Å². The lowest BCUT2D eigenvalue weighted by atomic mass is 10.0. The molecule has 0 bridgehead atoms. The predicted molar refractivity (Wildman–Crippen MR) is 114 cm³/mol. The second-order valence-electron chi connectivity index (χ2n) is 7.69. The summed E-state index contributed by atoms with van der Waals surface area (Å²) in [5.41, 5.74) is 2.92. The second-order valence-corrected chi connectivity index (χ2v) is 7.69. The highest BCUT2D eigenvalue weighted by molar-refractivity contribution is 5.96. The SMILES string of the molecule is Cc1nn(C)c(C)c1NC(=O)[C@@H](C)OC(=O)[C@@H](NC(=O)Cc1ccccc1)C(C)C. The maximum Gasteiger partial charge on any atom is 0.329 e. The number of benzene rings is 1. The Labute approximate surface area is 177 Å². The van der Waals surface area contributed by atoms with Crippen LogP contribution in [0.4, 0.5) is 5.69 Å². The standard InChI is InChI=1S/C22H30N4O4/c1-13(2)19(23-18(27)12-17-10-8-7-9-11-17)22(29)30-16(5)21(28)24-20-14(3)25-26(6)15(20)4/h7-11,13,16,19H,12H2,1-6H3,(H,23,27)(H,24,28)/t16-,19+/m1/s1. The van der Waals surface area contributed by atoms with Crippen LogP contribution in [0, 0.1) is 19.8 Å². The molecule has 2 amide bonds. The molecule has 0 aliphatic heterocycles. The van der Waals surface area contributed by atoms with Crippen molar-refractivity contribution in [1.29, 1.82) is 0 Å². The van der Waals surface area contributed by atoms with Crippen LogP contribution in [0.1, 0.15) is 37.7 Å². The molecule has 2 N–H and O–H groups in total. The Kier molecular flexibility index (Phi) is 7.74. The molecule has 2 rings (SSSR count). The van der Waals surface area contributed by atoms with Gasteiger partial charge in [0.2, 0.25) is 5.91 Å². The van der Waals surface area contributed by atoms with Crippen molar-refractivity contribution in [3.63, 3.8) is 0 Å². The molecular formula is C22H30N4O4. The van der Waals surface area contributed by atoms with Gasteiger partial charge >= 0.3 is 5.97 Å². The van der Waals surface area contributed by atoms with Gasteiger partial charge in [0, 0.05) is 7.05 Å². The van der Waals surface area contributed by atoms with E-state index in [1.165, 1.54) is 6.92 Å². The predicted octanol–water partition coefficient (Wildman–Crippen LogP) is 2.29. The molecule has 8 nitrogen and oxygen atoms in total. The fourth-order valence-corrected chi connectivity index (χ4v) is 2.98. The summed E-state index contributed by atoms with van der Waals surface area (Å²) in [6.07, 6.45) is -0.865. The summed E-state index contributed by atoms with van der Waals surface area (Å²) < 4.78 is 7.02. The molecule has 0 aliphatic rings. The highest BCUT2D eigenvalue weighted by Gasteiger charge is 2.29. The molecular weight excluding hydrogens is 384 g/mol. The Bertz CT molecular complexity index is 905. The third-order valence-corrected chi connectivity index (χ3v) is 4.86. The zero-order valence-corrected chi connectivity index (χ0v) is 18.4. The average molecular weight is 415 g/mol. The Morgan fingerprint density at radius 1 is 1.10 bits per heavy atom. The van der Waals surface area contributed by atoms with Crippen LogP contribution in [-0.2, 0) is 32.6 Å². The zero-order valence-electron chi connectivity index (χ0n) is 18.4. The van der Waals surface area contributed by atoms with Gasteiger partial charge in [-0.05, 0) is 32.3 Å². The molecule has 0 fully saturated rings. The van der Waals surface area contributed by atoms with E-state index in [1.807, 2.05) is 51.1 Å². The van der Waals surface area contributed by atoms with Gasteiger partial charge in [-0.15, -0.1) is 0 Å². The topological polar surface area (TPSA) is 102 Å². The molecule has 0 spiro atoms. The minimum absolute atomic E-state index is 0.160. The van der Waals surface area contributed by atoms with Gasteiger partial charge < -0.3 is 15.4 Å². The van der Waals surface area contributed by atoms with Crippen molar-refractivity contribution in [3.05, 3.63) is 47.3 Å². The molecule has 162 valence electrons. The van der Waals surface area contributed by atoms with Crippen LogP contribution >= 0.6 is 0 Å². The lowest BCUT2D eigenvalue weighted by Crippen LogP contribution is -2.47. The van der Waals surface area contributed by atoms with Crippen LogP contribution in [0.25, 0.3) is 0 Å². The first-order chi connectivity index (χ1) is 14.1. The van der Waals surface area contributed by atoms with Gasteiger partial charge in [-0.1, -0.05) is 44.2 Å². The van der Waals surface area contributed by atoms with Gasteiger partial charge in [0.15, 0.2) is 6.10 Å². The minimum atomic E-state index is -1.02. The number of aryl methyl sites for hydroxylation is 2. The van der Waals surface area contributed by atoms with Crippen molar-refractivity contribution < 1.29 is 19.1 Å². The van der Waals surface area contributed by atoms with Gasteiger partial charge in [0.05, 0.1) is 23.5 Å². The van der Waals surface area contributed by atoms with Crippen LogP contribution in [0.15, 0.2) is 30.3 Å². The van der Waals surface area contributed by atoms with E-state index < -0.39 is 24.0 Å². The summed E-state index contributed by atoms with van der Waals surface area (Å²) in [6, 6.07) is 8.41. The fourth-order valence-electron chi connectivity index (χ4n) is 2.98. The van der Waals surface area contributed by atoms with Gasteiger partial charge in [-0.2, -0.15) is 5.10 Å². The number of aromatic nitrogens is 2. The maximum atomic E-state index is 12.6. The number of anilines is 1. The van der Waals surface area contributed by atoms with Crippen LogP contribution in [0.3, 0.4) is 0 Å². The van der Waals surface area contributed by atoms with E-state index in [4.69, 9.17) is 4.74 Å². The molecule has 0 saturated carbocycles. The first kappa shape index (κ1) is 23.1. The Balaban J connectivity index is 1.97. The highest BCUT2D eigenvalue weighted by atomic mass is 16.5.